The monoisotopic (exact) mass is 386 g/mol. The molecule has 1 fully saturated rings. The Balaban J connectivity index is 0.00000220. The molecule has 2 unspecified atom stereocenters. The highest BCUT2D eigenvalue weighted by molar-refractivity contribution is 6.30. The summed E-state index contributed by atoms with van der Waals surface area (Å²) in [7, 11) is 0. The normalized spacial score (nSPS) is 22.7. The van der Waals surface area contributed by atoms with Gasteiger partial charge in [0.25, 0.3) is 0 Å². The van der Waals surface area contributed by atoms with Crippen molar-refractivity contribution in [3.63, 3.8) is 0 Å². The lowest BCUT2D eigenvalue weighted by molar-refractivity contribution is 0.0380. The second kappa shape index (κ2) is 11.0. The molecular formula is C16H26Cl4N2. The number of alkyl halides is 1. The molecule has 2 nitrogen and oxygen atoms in total. The lowest BCUT2D eigenvalue weighted by atomic mass is 10.1. The average molecular weight is 388 g/mol. The summed E-state index contributed by atoms with van der Waals surface area (Å²) >= 11 is 11.7. The molecule has 1 heterocycles. The minimum Gasteiger partial charge on any atom is -0.298 e. The van der Waals surface area contributed by atoms with Crippen molar-refractivity contribution < 1.29 is 0 Å². The Morgan fingerprint density at radius 1 is 1.00 bits per heavy atom. The Hall–Kier alpha value is 0.300. The van der Waals surface area contributed by atoms with Crippen LogP contribution in [0.2, 0.25) is 5.02 Å². The van der Waals surface area contributed by atoms with Gasteiger partial charge >= 0.3 is 0 Å². The summed E-state index contributed by atoms with van der Waals surface area (Å²) in [6.07, 6.45) is 1.08. The standard InChI is InChI=1S/C16H24Cl2N2.2ClH/c1-13-11-20(12-15-4-6-16(18)7-5-15)14(2)10-19(13)9-3-8-17;;/h4-7,13-14H,3,8-12H2,1-2H3;2*1H. The van der Waals surface area contributed by atoms with Crippen LogP contribution in [0.4, 0.5) is 0 Å². The van der Waals surface area contributed by atoms with Gasteiger partial charge in [0.1, 0.15) is 0 Å². The Morgan fingerprint density at radius 2 is 1.55 bits per heavy atom. The molecule has 1 aliphatic rings. The van der Waals surface area contributed by atoms with E-state index < -0.39 is 0 Å². The van der Waals surface area contributed by atoms with Crippen molar-refractivity contribution in [2.75, 3.05) is 25.5 Å². The minimum atomic E-state index is 0. The minimum absolute atomic E-state index is 0. The SMILES string of the molecule is CC1CN(Cc2ccc(Cl)cc2)C(C)CN1CCCCl.Cl.Cl. The van der Waals surface area contributed by atoms with E-state index in [2.05, 4.69) is 35.8 Å². The summed E-state index contributed by atoms with van der Waals surface area (Å²) in [5, 5.41) is 0.807. The summed E-state index contributed by atoms with van der Waals surface area (Å²) in [6, 6.07) is 9.38. The van der Waals surface area contributed by atoms with E-state index in [1.54, 1.807) is 0 Å². The molecule has 0 aliphatic carbocycles. The molecule has 2 rings (SSSR count). The number of benzene rings is 1. The summed E-state index contributed by atoms with van der Waals surface area (Å²) in [6.45, 7) is 9.00. The van der Waals surface area contributed by atoms with Crippen molar-refractivity contribution >= 4 is 48.0 Å². The zero-order valence-electron chi connectivity index (χ0n) is 13.2. The van der Waals surface area contributed by atoms with E-state index in [-0.39, 0.29) is 24.8 Å². The highest BCUT2D eigenvalue weighted by atomic mass is 35.5. The van der Waals surface area contributed by atoms with Crippen molar-refractivity contribution in [2.24, 2.45) is 0 Å². The second-order valence-electron chi connectivity index (χ2n) is 5.79. The Morgan fingerprint density at radius 3 is 2.14 bits per heavy atom. The van der Waals surface area contributed by atoms with Crippen LogP contribution in [-0.2, 0) is 6.54 Å². The van der Waals surface area contributed by atoms with Crippen LogP contribution < -0.4 is 0 Å². The van der Waals surface area contributed by atoms with Crippen LogP contribution in [0.25, 0.3) is 0 Å². The molecule has 128 valence electrons. The molecule has 0 saturated carbocycles. The molecule has 0 bridgehead atoms. The van der Waals surface area contributed by atoms with Gasteiger partial charge in [0.2, 0.25) is 0 Å². The van der Waals surface area contributed by atoms with Gasteiger partial charge in [-0.25, -0.2) is 0 Å². The maximum atomic E-state index is 5.94. The topological polar surface area (TPSA) is 6.48 Å². The first-order chi connectivity index (χ1) is 9.60. The third-order valence-corrected chi connectivity index (χ3v) is 4.64. The first-order valence-corrected chi connectivity index (χ1v) is 8.30. The van der Waals surface area contributed by atoms with Crippen molar-refractivity contribution in [1.82, 2.24) is 9.80 Å². The maximum Gasteiger partial charge on any atom is 0.0406 e. The fourth-order valence-corrected chi connectivity index (χ4v) is 3.13. The van der Waals surface area contributed by atoms with Gasteiger partial charge in [-0.3, -0.25) is 9.80 Å². The van der Waals surface area contributed by atoms with Gasteiger partial charge in [-0.1, -0.05) is 23.7 Å². The molecule has 1 saturated heterocycles. The van der Waals surface area contributed by atoms with Gasteiger partial charge in [-0.15, -0.1) is 36.4 Å². The molecule has 0 amide bonds. The highest BCUT2D eigenvalue weighted by Gasteiger charge is 2.28. The molecule has 1 aromatic carbocycles. The van der Waals surface area contributed by atoms with Gasteiger partial charge in [0.15, 0.2) is 0 Å². The fraction of sp³-hybridized carbons (Fsp3) is 0.625. The zero-order valence-corrected chi connectivity index (χ0v) is 16.3. The third-order valence-electron chi connectivity index (χ3n) is 4.12. The van der Waals surface area contributed by atoms with E-state index in [9.17, 15) is 0 Å². The molecule has 0 N–H and O–H groups in total. The van der Waals surface area contributed by atoms with E-state index >= 15 is 0 Å². The molecule has 0 aromatic heterocycles. The van der Waals surface area contributed by atoms with Crippen LogP contribution in [-0.4, -0.2) is 47.4 Å². The van der Waals surface area contributed by atoms with Crippen molar-refractivity contribution in [2.45, 2.75) is 38.9 Å². The Bertz CT molecular complexity index is 413. The van der Waals surface area contributed by atoms with Crippen molar-refractivity contribution in [3.8, 4) is 0 Å². The second-order valence-corrected chi connectivity index (χ2v) is 6.61. The molecule has 1 aromatic rings. The van der Waals surface area contributed by atoms with Crippen LogP contribution in [0.3, 0.4) is 0 Å². The lowest BCUT2D eigenvalue weighted by Gasteiger charge is -2.44. The number of nitrogens with zero attached hydrogens (tertiary/aromatic N) is 2. The average Bonchev–Trinajstić information content (AvgIpc) is 2.43. The molecule has 1 aliphatic heterocycles. The molecule has 22 heavy (non-hydrogen) atoms. The number of hydrogen-bond donors (Lipinski definition) is 0. The van der Waals surface area contributed by atoms with Crippen LogP contribution >= 0.6 is 48.0 Å². The highest BCUT2D eigenvalue weighted by Crippen LogP contribution is 2.19. The smallest absolute Gasteiger partial charge is 0.0406 e. The molecular weight excluding hydrogens is 362 g/mol. The van der Waals surface area contributed by atoms with E-state index in [0.29, 0.717) is 12.1 Å². The quantitative estimate of drug-likeness (QED) is 0.675. The summed E-state index contributed by atoms with van der Waals surface area (Å²) in [5.74, 6) is 0.756. The van der Waals surface area contributed by atoms with E-state index in [1.165, 1.54) is 5.56 Å². The fourth-order valence-electron chi connectivity index (χ4n) is 2.89. The molecule has 6 heteroatoms. The third kappa shape index (κ3) is 6.43. The molecule has 2 atom stereocenters. The van der Waals surface area contributed by atoms with Gasteiger partial charge in [0.05, 0.1) is 0 Å². The predicted octanol–water partition coefficient (Wildman–Crippen LogP) is 4.71. The van der Waals surface area contributed by atoms with Crippen LogP contribution in [0, 0.1) is 0 Å². The van der Waals surface area contributed by atoms with Crippen molar-refractivity contribution in [3.05, 3.63) is 34.9 Å². The van der Waals surface area contributed by atoms with Crippen LogP contribution in [0.5, 0.6) is 0 Å². The Kier molecular flexibility index (Phi) is 11.1. The molecule has 0 spiro atoms. The zero-order chi connectivity index (χ0) is 14.5. The largest absolute Gasteiger partial charge is 0.298 e. The maximum absolute atomic E-state index is 5.94. The first-order valence-electron chi connectivity index (χ1n) is 7.38. The van der Waals surface area contributed by atoms with Crippen LogP contribution in [0.1, 0.15) is 25.8 Å². The first kappa shape index (κ1) is 22.3. The Labute approximate surface area is 157 Å². The number of halogens is 4. The summed E-state index contributed by atoms with van der Waals surface area (Å²) in [5.41, 5.74) is 1.34. The molecule has 0 radical (unpaired) electrons. The predicted molar refractivity (Wildman–Crippen MR) is 102 cm³/mol. The van der Waals surface area contributed by atoms with Gasteiger partial charge in [0, 0.05) is 42.6 Å². The van der Waals surface area contributed by atoms with Gasteiger partial charge in [-0.2, -0.15) is 0 Å². The van der Waals surface area contributed by atoms with E-state index in [0.717, 1.165) is 43.5 Å². The van der Waals surface area contributed by atoms with Crippen molar-refractivity contribution in [1.29, 1.82) is 0 Å². The van der Waals surface area contributed by atoms with Gasteiger partial charge in [-0.05, 0) is 44.5 Å². The number of piperazine rings is 1. The van der Waals surface area contributed by atoms with E-state index in [4.69, 9.17) is 23.2 Å². The summed E-state index contributed by atoms with van der Waals surface area (Å²) in [4.78, 5) is 5.12. The van der Waals surface area contributed by atoms with E-state index in [1.807, 2.05) is 12.1 Å². The number of rotatable bonds is 5. The lowest BCUT2D eigenvalue weighted by Crippen LogP contribution is -2.56. The number of hydrogen-bond acceptors (Lipinski definition) is 2. The summed E-state index contributed by atoms with van der Waals surface area (Å²) < 4.78 is 0. The van der Waals surface area contributed by atoms with Crippen LogP contribution in [0.15, 0.2) is 24.3 Å². The van der Waals surface area contributed by atoms with Gasteiger partial charge < -0.3 is 0 Å².